The Morgan fingerprint density at radius 1 is 1.47 bits per heavy atom. The van der Waals surface area contributed by atoms with E-state index in [1.807, 2.05) is 12.3 Å². The second-order valence-corrected chi connectivity index (χ2v) is 6.19. The normalized spacial score (nSPS) is 23.1. The highest BCUT2D eigenvalue weighted by molar-refractivity contribution is 7.10. The molecule has 0 unspecified atom stereocenters. The number of hydrogen-bond acceptors (Lipinski definition) is 3. The van der Waals surface area contributed by atoms with Crippen LogP contribution in [-0.2, 0) is 6.54 Å². The summed E-state index contributed by atoms with van der Waals surface area (Å²) in [6.45, 7) is 2.79. The van der Waals surface area contributed by atoms with Crippen molar-refractivity contribution in [3.05, 3.63) is 21.9 Å². The van der Waals surface area contributed by atoms with Crippen LogP contribution in [0.15, 0.2) is 11.4 Å². The minimum absolute atomic E-state index is 0.114. The average molecular weight is 282 g/mol. The average Bonchev–Trinajstić information content (AvgIpc) is 2.82. The third-order valence-electron chi connectivity index (χ3n) is 3.84. The lowest BCUT2D eigenvalue weighted by Crippen LogP contribution is -2.47. The Kier molecular flexibility index (Phi) is 5.22. The molecule has 0 aromatic carbocycles. The van der Waals surface area contributed by atoms with E-state index in [1.54, 1.807) is 11.3 Å². The predicted octanol–water partition coefficient (Wildman–Crippen LogP) is 2.41. The van der Waals surface area contributed by atoms with E-state index in [0.717, 1.165) is 25.7 Å². The molecule has 19 heavy (non-hydrogen) atoms. The number of thiophene rings is 1. The summed E-state index contributed by atoms with van der Waals surface area (Å²) >= 11 is 1.66. The number of urea groups is 1. The zero-order chi connectivity index (χ0) is 13.7. The van der Waals surface area contributed by atoms with Gasteiger partial charge in [-0.15, -0.1) is 11.3 Å². The van der Waals surface area contributed by atoms with Crippen LogP contribution < -0.4 is 10.6 Å². The zero-order valence-electron chi connectivity index (χ0n) is 11.3. The highest BCUT2D eigenvalue weighted by atomic mass is 32.1. The molecule has 0 aliphatic heterocycles. The fraction of sp³-hybridized carbons (Fsp3) is 0.643. The largest absolute Gasteiger partial charge is 0.396 e. The van der Waals surface area contributed by atoms with Gasteiger partial charge in [0.25, 0.3) is 0 Å². The van der Waals surface area contributed by atoms with Crippen molar-refractivity contribution in [2.75, 3.05) is 6.61 Å². The van der Waals surface area contributed by atoms with E-state index in [1.165, 1.54) is 10.4 Å². The summed E-state index contributed by atoms with van der Waals surface area (Å²) < 4.78 is 0. The molecule has 1 aromatic heterocycles. The first-order valence-corrected chi connectivity index (χ1v) is 7.77. The van der Waals surface area contributed by atoms with Crippen LogP contribution in [0.4, 0.5) is 4.79 Å². The first kappa shape index (κ1) is 14.3. The smallest absolute Gasteiger partial charge is 0.315 e. The molecular formula is C14H22N2O2S. The van der Waals surface area contributed by atoms with Crippen molar-refractivity contribution in [2.24, 2.45) is 5.92 Å². The van der Waals surface area contributed by atoms with Crippen molar-refractivity contribution >= 4 is 17.4 Å². The van der Waals surface area contributed by atoms with Crippen LogP contribution in [0, 0.1) is 12.8 Å². The second kappa shape index (κ2) is 6.91. The molecule has 0 bridgehead atoms. The van der Waals surface area contributed by atoms with Gasteiger partial charge >= 0.3 is 6.03 Å². The summed E-state index contributed by atoms with van der Waals surface area (Å²) in [5.74, 6) is 0.211. The van der Waals surface area contributed by atoms with Crippen LogP contribution in [0.25, 0.3) is 0 Å². The molecule has 0 saturated heterocycles. The fourth-order valence-electron chi connectivity index (χ4n) is 2.58. The maximum Gasteiger partial charge on any atom is 0.315 e. The van der Waals surface area contributed by atoms with Gasteiger partial charge in [-0.25, -0.2) is 4.79 Å². The number of carbonyl (C=O) groups excluding carboxylic acids is 1. The van der Waals surface area contributed by atoms with Gasteiger partial charge in [0, 0.05) is 23.4 Å². The molecule has 1 aliphatic rings. The van der Waals surface area contributed by atoms with Gasteiger partial charge in [0.2, 0.25) is 0 Å². The lowest BCUT2D eigenvalue weighted by molar-refractivity contribution is 0.153. The molecule has 2 amide bonds. The van der Waals surface area contributed by atoms with Crippen molar-refractivity contribution in [3.8, 4) is 0 Å². The molecule has 5 heteroatoms. The number of amides is 2. The molecule has 2 atom stereocenters. The van der Waals surface area contributed by atoms with Gasteiger partial charge in [-0.05, 0) is 36.8 Å². The monoisotopic (exact) mass is 282 g/mol. The van der Waals surface area contributed by atoms with Crippen LogP contribution in [0.3, 0.4) is 0 Å². The second-order valence-electron chi connectivity index (χ2n) is 5.19. The molecule has 1 heterocycles. The number of aryl methyl sites for hydroxylation is 1. The highest BCUT2D eigenvalue weighted by Gasteiger charge is 2.25. The predicted molar refractivity (Wildman–Crippen MR) is 77.3 cm³/mol. The summed E-state index contributed by atoms with van der Waals surface area (Å²) in [7, 11) is 0. The Morgan fingerprint density at radius 3 is 2.95 bits per heavy atom. The molecule has 1 aromatic rings. The van der Waals surface area contributed by atoms with Crippen molar-refractivity contribution < 1.29 is 9.90 Å². The Bertz CT molecular complexity index is 419. The van der Waals surface area contributed by atoms with Crippen molar-refractivity contribution in [1.29, 1.82) is 0 Å². The van der Waals surface area contributed by atoms with Crippen LogP contribution in [-0.4, -0.2) is 23.8 Å². The molecule has 1 fully saturated rings. The Hall–Kier alpha value is -1.07. The quantitative estimate of drug-likeness (QED) is 0.794. The van der Waals surface area contributed by atoms with Gasteiger partial charge in [0.05, 0.1) is 6.54 Å². The Morgan fingerprint density at radius 2 is 2.26 bits per heavy atom. The molecule has 2 rings (SSSR count). The molecule has 4 nitrogen and oxygen atoms in total. The fourth-order valence-corrected chi connectivity index (χ4v) is 3.43. The van der Waals surface area contributed by atoms with Gasteiger partial charge in [-0.1, -0.05) is 12.8 Å². The summed E-state index contributed by atoms with van der Waals surface area (Å²) in [6.07, 6.45) is 4.26. The van der Waals surface area contributed by atoms with Crippen molar-refractivity contribution in [3.63, 3.8) is 0 Å². The van der Waals surface area contributed by atoms with Gasteiger partial charge in [-0.2, -0.15) is 0 Å². The van der Waals surface area contributed by atoms with E-state index in [-0.39, 0.29) is 24.6 Å². The van der Waals surface area contributed by atoms with Gasteiger partial charge < -0.3 is 15.7 Å². The standard InChI is InChI=1S/C14H22N2O2S/c1-10-6-7-19-13(10)8-15-14(18)16-12-5-3-2-4-11(12)9-17/h6-7,11-12,17H,2-5,8-9H2,1H3,(H2,15,16,18)/t11-,12+/m1/s1. The number of carbonyl (C=O) groups is 1. The molecule has 106 valence electrons. The van der Waals surface area contributed by atoms with Crippen LogP contribution >= 0.6 is 11.3 Å². The third-order valence-corrected chi connectivity index (χ3v) is 4.86. The number of rotatable bonds is 4. The van der Waals surface area contributed by atoms with Crippen LogP contribution in [0.1, 0.15) is 36.1 Å². The Balaban J connectivity index is 1.79. The topological polar surface area (TPSA) is 61.4 Å². The SMILES string of the molecule is Cc1ccsc1CNC(=O)N[C@H]1CCCC[C@@H]1CO. The van der Waals surface area contributed by atoms with Gasteiger partial charge in [-0.3, -0.25) is 0 Å². The number of hydrogen-bond donors (Lipinski definition) is 3. The maximum absolute atomic E-state index is 11.9. The zero-order valence-corrected chi connectivity index (χ0v) is 12.1. The number of aliphatic hydroxyl groups is 1. The first-order valence-electron chi connectivity index (χ1n) is 6.89. The van der Waals surface area contributed by atoms with E-state index in [2.05, 4.69) is 16.7 Å². The van der Waals surface area contributed by atoms with E-state index in [9.17, 15) is 9.90 Å². The summed E-state index contributed by atoms with van der Waals surface area (Å²) in [6, 6.07) is 2.05. The number of nitrogens with one attached hydrogen (secondary N) is 2. The van der Waals surface area contributed by atoms with Crippen molar-refractivity contribution in [2.45, 2.75) is 45.2 Å². The van der Waals surface area contributed by atoms with E-state index in [0.29, 0.717) is 6.54 Å². The molecule has 1 saturated carbocycles. The van der Waals surface area contributed by atoms with E-state index >= 15 is 0 Å². The minimum atomic E-state index is -0.127. The highest BCUT2D eigenvalue weighted by Crippen LogP contribution is 2.23. The van der Waals surface area contributed by atoms with Gasteiger partial charge in [0.1, 0.15) is 0 Å². The molecular weight excluding hydrogens is 260 g/mol. The third kappa shape index (κ3) is 3.94. The van der Waals surface area contributed by atoms with Crippen LogP contribution in [0.5, 0.6) is 0 Å². The maximum atomic E-state index is 11.9. The minimum Gasteiger partial charge on any atom is -0.396 e. The van der Waals surface area contributed by atoms with Crippen molar-refractivity contribution in [1.82, 2.24) is 10.6 Å². The molecule has 0 spiro atoms. The molecule has 0 radical (unpaired) electrons. The number of aliphatic hydroxyl groups excluding tert-OH is 1. The molecule has 1 aliphatic carbocycles. The van der Waals surface area contributed by atoms with E-state index < -0.39 is 0 Å². The van der Waals surface area contributed by atoms with E-state index in [4.69, 9.17) is 0 Å². The molecule has 3 N–H and O–H groups in total. The lowest BCUT2D eigenvalue weighted by Gasteiger charge is -2.30. The lowest BCUT2D eigenvalue weighted by atomic mass is 9.85. The summed E-state index contributed by atoms with van der Waals surface area (Å²) in [5.41, 5.74) is 1.22. The van der Waals surface area contributed by atoms with Crippen LogP contribution in [0.2, 0.25) is 0 Å². The Labute approximate surface area is 118 Å². The summed E-state index contributed by atoms with van der Waals surface area (Å²) in [5, 5.41) is 17.2. The van der Waals surface area contributed by atoms with Gasteiger partial charge in [0.15, 0.2) is 0 Å². The first-order chi connectivity index (χ1) is 9.20. The summed E-state index contributed by atoms with van der Waals surface area (Å²) in [4.78, 5) is 13.1.